The van der Waals surface area contributed by atoms with Crippen LogP contribution in [0.15, 0.2) is 29.2 Å². The van der Waals surface area contributed by atoms with Crippen molar-refractivity contribution in [2.75, 3.05) is 6.26 Å². The fourth-order valence-electron chi connectivity index (χ4n) is 2.32. The second-order valence-corrected chi connectivity index (χ2v) is 7.05. The van der Waals surface area contributed by atoms with E-state index in [-0.39, 0.29) is 4.90 Å². The summed E-state index contributed by atoms with van der Waals surface area (Å²) in [6, 6.07) is 6.50. The maximum Gasteiger partial charge on any atom is 0.309 e. The maximum atomic E-state index is 11.3. The Balaban J connectivity index is 2.19. The zero-order valence-electron chi connectivity index (χ0n) is 10.2. The van der Waals surface area contributed by atoms with E-state index in [0.29, 0.717) is 19.3 Å². The summed E-state index contributed by atoms with van der Waals surface area (Å²) in [5.74, 6) is -0.749. The lowest BCUT2D eigenvalue weighted by molar-refractivity contribution is -0.154. The van der Waals surface area contributed by atoms with E-state index < -0.39 is 21.2 Å². The highest BCUT2D eigenvalue weighted by Crippen LogP contribution is 2.43. The number of benzene rings is 1. The Morgan fingerprint density at radius 3 is 2.17 bits per heavy atom. The molecule has 0 unspecified atom stereocenters. The monoisotopic (exact) mass is 268 g/mol. The van der Waals surface area contributed by atoms with Crippen molar-refractivity contribution in [3.8, 4) is 0 Å². The molecule has 1 fully saturated rings. The number of sulfone groups is 1. The molecule has 0 bridgehead atoms. The smallest absolute Gasteiger partial charge is 0.309 e. The molecule has 0 spiro atoms. The van der Waals surface area contributed by atoms with Gasteiger partial charge in [-0.25, -0.2) is 8.42 Å². The molecule has 0 saturated heterocycles. The van der Waals surface area contributed by atoms with Crippen LogP contribution in [0.3, 0.4) is 0 Å². The Morgan fingerprint density at radius 1 is 1.28 bits per heavy atom. The SMILES string of the molecule is CS(=O)(=O)c1ccc(CC2(C(=O)O)CCC2)cc1. The lowest BCUT2D eigenvalue weighted by Gasteiger charge is -2.37. The Labute approximate surface area is 107 Å². The molecular formula is C13H16O4S. The van der Waals surface area contributed by atoms with E-state index in [2.05, 4.69) is 0 Å². The van der Waals surface area contributed by atoms with E-state index in [1.807, 2.05) is 0 Å². The van der Waals surface area contributed by atoms with E-state index in [9.17, 15) is 18.3 Å². The number of carboxylic acid groups (broad SMARTS) is 1. The number of hydrogen-bond donors (Lipinski definition) is 1. The van der Waals surface area contributed by atoms with Gasteiger partial charge in [0, 0.05) is 6.26 Å². The van der Waals surface area contributed by atoms with Gasteiger partial charge in [-0.3, -0.25) is 4.79 Å². The predicted octanol–water partition coefficient (Wildman–Crippen LogP) is 1.89. The van der Waals surface area contributed by atoms with Gasteiger partial charge in [0.1, 0.15) is 0 Å². The minimum atomic E-state index is -3.19. The molecule has 1 saturated carbocycles. The number of aliphatic carboxylic acids is 1. The Hall–Kier alpha value is -1.36. The van der Waals surface area contributed by atoms with Crippen LogP contribution in [0.2, 0.25) is 0 Å². The molecule has 1 aromatic carbocycles. The number of rotatable bonds is 4. The zero-order valence-corrected chi connectivity index (χ0v) is 11.0. The average molecular weight is 268 g/mol. The summed E-state index contributed by atoms with van der Waals surface area (Å²) in [4.78, 5) is 11.5. The maximum absolute atomic E-state index is 11.3. The molecule has 0 heterocycles. The summed E-state index contributed by atoms with van der Waals surface area (Å²) in [6.45, 7) is 0. The first-order valence-electron chi connectivity index (χ1n) is 5.86. The first-order valence-corrected chi connectivity index (χ1v) is 7.75. The van der Waals surface area contributed by atoms with Gasteiger partial charge in [0.25, 0.3) is 0 Å². The van der Waals surface area contributed by atoms with Crippen molar-refractivity contribution >= 4 is 15.8 Å². The highest BCUT2D eigenvalue weighted by Gasteiger charge is 2.44. The van der Waals surface area contributed by atoms with Gasteiger partial charge in [-0.05, 0) is 37.0 Å². The zero-order chi connectivity index (χ0) is 13.4. The Morgan fingerprint density at radius 2 is 1.83 bits per heavy atom. The van der Waals surface area contributed by atoms with Crippen molar-refractivity contribution in [2.24, 2.45) is 5.41 Å². The fraction of sp³-hybridized carbons (Fsp3) is 0.462. The van der Waals surface area contributed by atoms with Crippen LogP contribution in [0.25, 0.3) is 0 Å². The van der Waals surface area contributed by atoms with Gasteiger partial charge >= 0.3 is 5.97 Å². The van der Waals surface area contributed by atoms with Gasteiger partial charge in [0.15, 0.2) is 9.84 Å². The molecule has 18 heavy (non-hydrogen) atoms. The van der Waals surface area contributed by atoms with Crippen LogP contribution in [-0.4, -0.2) is 25.7 Å². The predicted molar refractivity (Wildman–Crippen MR) is 67.2 cm³/mol. The van der Waals surface area contributed by atoms with Gasteiger partial charge in [-0.1, -0.05) is 18.6 Å². The number of carbonyl (C=O) groups is 1. The molecule has 4 nitrogen and oxygen atoms in total. The van der Waals surface area contributed by atoms with Gasteiger partial charge < -0.3 is 5.11 Å². The second kappa shape index (κ2) is 4.39. The molecule has 0 radical (unpaired) electrons. The van der Waals surface area contributed by atoms with Crippen molar-refractivity contribution < 1.29 is 18.3 Å². The topological polar surface area (TPSA) is 71.4 Å². The van der Waals surface area contributed by atoms with Crippen LogP contribution >= 0.6 is 0 Å². The van der Waals surface area contributed by atoms with Crippen LogP contribution in [0.1, 0.15) is 24.8 Å². The van der Waals surface area contributed by atoms with Crippen LogP contribution in [-0.2, 0) is 21.1 Å². The molecule has 1 aliphatic carbocycles. The largest absolute Gasteiger partial charge is 0.481 e. The van der Waals surface area contributed by atoms with E-state index >= 15 is 0 Å². The first kappa shape index (κ1) is 13.1. The highest BCUT2D eigenvalue weighted by molar-refractivity contribution is 7.90. The lowest BCUT2D eigenvalue weighted by atomic mass is 9.65. The molecule has 0 aromatic heterocycles. The molecule has 1 aliphatic rings. The molecule has 0 aliphatic heterocycles. The summed E-state index contributed by atoms with van der Waals surface area (Å²) in [7, 11) is -3.19. The second-order valence-electron chi connectivity index (χ2n) is 5.03. The quantitative estimate of drug-likeness (QED) is 0.905. The fourth-order valence-corrected chi connectivity index (χ4v) is 2.95. The van der Waals surface area contributed by atoms with E-state index in [0.717, 1.165) is 18.2 Å². The van der Waals surface area contributed by atoms with Crippen molar-refractivity contribution in [2.45, 2.75) is 30.6 Å². The highest BCUT2D eigenvalue weighted by atomic mass is 32.2. The van der Waals surface area contributed by atoms with Crippen molar-refractivity contribution in [1.29, 1.82) is 0 Å². The molecule has 5 heteroatoms. The summed E-state index contributed by atoms with van der Waals surface area (Å²) < 4.78 is 22.6. The molecule has 0 atom stereocenters. The molecule has 1 aromatic rings. The van der Waals surface area contributed by atoms with E-state index in [4.69, 9.17) is 0 Å². The summed E-state index contributed by atoms with van der Waals surface area (Å²) in [5, 5.41) is 9.23. The standard InChI is InChI=1S/C13H16O4S/c1-18(16,17)11-5-3-10(4-6-11)9-13(12(14)15)7-2-8-13/h3-6H,2,7-9H2,1H3,(H,14,15). The first-order chi connectivity index (χ1) is 8.33. The molecule has 1 N–H and O–H groups in total. The van der Waals surface area contributed by atoms with Gasteiger partial charge in [0.05, 0.1) is 10.3 Å². The van der Waals surface area contributed by atoms with Crippen LogP contribution in [0, 0.1) is 5.41 Å². The minimum Gasteiger partial charge on any atom is -0.481 e. The Kier molecular flexibility index (Phi) is 3.19. The third kappa shape index (κ3) is 2.41. The average Bonchev–Trinajstić information content (AvgIpc) is 2.22. The Bertz CT molecular complexity index is 553. The molecule has 2 rings (SSSR count). The molecule has 0 amide bonds. The summed E-state index contributed by atoms with van der Waals surface area (Å²) >= 11 is 0. The van der Waals surface area contributed by atoms with Crippen LogP contribution in [0.5, 0.6) is 0 Å². The minimum absolute atomic E-state index is 0.268. The molecule has 98 valence electrons. The third-order valence-electron chi connectivity index (χ3n) is 3.66. The van der Waals surface area contributed by atoms with Crippen molar-refractivity contribution in [3.63, 3.8) is 0 Å². The van der Waals surface area contributed by atoms with Crippen LogP contribution in [0.4, 0.5) is 0 Å². The van der Waals surface area contributed by atoms with Gasteiger partial charge in [0.2, 0.25) is 0 Å². The number of hydrogen-bond acceptors (Lipinski definition) is 3. The van der Waals surface area contributed by atoms with Gasteiger partial charge in [-0.15, -0.1) is 0 Å². The summed E-state index contributed by atoms with van der Waals surface area (Å²) in [5.41, 5.74) is 0.247. The van der Waals surface area contributed by atoms with E-state index in [1.54, 1.807) is 24.3 Å². The third-order valence-corrected chi connectivity index (χ3v) is 4.79. The van der Waals surface area contributed by atoms with Gasteiger partial charge in [-0.2, -0.15) is 0 Å². The van der Waals surface area contributed by atoms with Crippen LogP contribution < -0.4 is 0 Å². The summed E-state index contributed by atoms with van der Waals surface area (Å²) in [6.07, 6.45) is 4.00. The van der Waals surface area contributed by atoms with Crippen molar-refractivity contribution in [3.05, 3.63) is 29.8 Å². The van der Waals surface area contributed by atoms with Crippen molar-refractivity contribution in [1.82, 2.24) is 0 Å². The number of carboxylic acids is 1. The van der Waals surface area contributed by atoms with E-state index in [1.165, 1.54) is 0 Å². The lowest BCUT2D eigenvalue weighted by Crippen LogP contribution is -2.39. The molecular weight excluding hydrogens is 252 g/mol. The normalized spacial score (nSPS) is 18.1.